The smallest absolute Gasteiger partial charge is 0.269 e. The third-order valence-corrected chi connectivity index (χ3v) is 5.86. The van der Waals surface area contributed by atoms with Crippen molar-refractivity contribution >= 4 is 23.4 Å². The van der Waals surface area contributed by atoms with Crippen molar-refractivity contribution < 1.29 is 9.72 Å². The van der Waals surface area contributed by atoms with E-state index in [1.807, 2.05) is 17.9 Å². The molecule has 0 aromatic heterocycles. The molecule has 3 rings (SSSR count). The summed E-state index contributed by atoms with van der Waals surface area (Å²) in [6.07, 6.45) is 2.46. The van der Waals surface area contributed by atoms with Crippen LogP contribution < -0.4 is 0 Å². The summed E-state index contributed by atoms with van der Waals surface area (Å²) in [4.78, 5) is 27.3. The fraction of sp³-hybridized carbons (Fsp3) is 0.562. The molecule has 0 spiro atoms. The van der Waals surface area contributed by atoms with Gasteiger partial charge in [0.1, 0.15) is 5.37 Å². The largest absolute Gasteiger partial charge is 0.324 e. The Kier molecular flexibility index (Phi) is 4.87. The Hall–Kier alpha value is -1.60. The molecule has 0 radical (unpaired) electrons. The molecule has 6 nitrogen and oxygen atoms in total. The fourth-order valence-corrected chi connectivity index (χ4v) is 4.51. The average Bonchev–Trinajstić information content (AvgIpc) is 3.15. The highest BCUT2D eigenvalue weighted by molar-refractivity contribution is 8.01. The van der Waals surface area contributed by atoms with Gasteiger partial charge in [-0.05, 0) is 38.4 Å². The molecule has 0 saturated carbocycles. The molecule has 2 aliphatic rings. The van der Waals surface area contributed by atoms with Crippen LogP contribution in [0.4, 0.5) is 5.69 Å². The maximum atomic E-state index is 12.5. The zero-order valence-corrected chi connectivity index (χ0v) is 14.0. The van der Waals surface area contributed by atoms with Gasteiger partial charge >= 0.3 is 0 Å². The number of nitrogens with zero attached hydrogens (tertiary/aromatic N) is 3. The Labute approximate surface area is 140 Å². The van der Waals surface area contributed by atoms with Crippen LogP contribution in [0, 0.1) is 10.1 Å². The van der Waals surface area contributed by atoms with Crippen molar-refractivity contribution in [3.8, 4) is 0 Å². The Morgan fingerprint density at radius 2 is 2.04 bits per heavy atom. The van der Waals surface area contributed by atoms with E-state index in [-0.39, 0.29) is 27.1 Å². The minimum Gasteiger partial charge on any atom is -0.324 e. The van der Waals surface area contributed by atoms with Gasteiger partial charge in [-0.2, -0.15) is 0 Å². The van der Waals surface area contributed by atoms with E-state index in [0.29, 0.717) is 6.54 Å². The predicted octanol–water partition coefficient (Wildman–Crippen LogP) is 2.65. The summed E-state index contributed by atoms with van der Waals surface area (Å²) < 4.78 is 0. The number of benzene rings is 1. The van der Waals surface area contributed by atoms with Crippen LogP contribution in [0.25, 0.3) is 0 Å². The second kappa shape index (κ2) is 6.88. The van der Waals surface area contributed by atoms with Crippen LogP contribution in [-0.4, -0.2) is 52.1 Å². The molecule has 0 unspecified atom stereocenters. The van der Waals surface area contributed by atoms with E-state index in [1.54, 1.807) is 23.9 Å². The molecule has 124 valence electrons. The number of carbonyl (C=O) groups is 1. The Balaban J connectivity index is 1.76. The van der Waals surface area contributed by atoms with Crippen LogP contribution in [0.1, 0.15) is 30.7 Å². The molecule has 2 atom stereocenters. The molecule has 0 N–H and O–H groups in total. The van der Waals surface area contributed by atoms with Crippen molar-refractivity contribution in [3.63, 3.8) is 0 Å². The quantitative estimate of drug-likeness (QED) is 0.611. The molecule has 2 heterocycles. The van der Waals surface area contributed by atoms with Gasteiger partial charge in [-0.15, -0.1) is 11.8 Å². The zero-order valence-electron chi connectivity index (χ0n) is 13.2. The van der Waals surface area contributed by atoms with Crippen molar-refractivity contribution in [1.82, 2.24) is 9.80 Å². The van der Waals surface area contributed by atoms with Gasteiger partial charge in [0.2, 0.25) is 5.91 Å². The Morgan fingerprint density at radius 1 is 1.30 bits per heavy atom. The third kappa shape index (κ3) is 3.50. The number of nitro benzene ring substituents is 1. The van der Waals surface area contributed by atoms with Gasteiger partial charge in [-0.3, -0.25) is 14.9 Å². The van der Waals surface area contributed by atoms with Gasteiger partial charge in [0.15, 0.2) is 0 Å². The molecular formula is C16H21N3O3S. The van der Waals surface area contributed by atoms with Crippen LogP contribution in [-0.2, 0) is 4.79 Å². The lowest BCUT2D eigenvalue weighted by Gasteiger charge is -2.26. The van der Waals surface area contributed by atoms with Gasteiger partial charge in [0, 0.05) is 25.2 Å². The van der Waals surface area contributed by atoms with E-state index in [1.165, 1.54) is 18.9 Å². The van der Waals surface area contributed by atoms with Crippen LogP contribution in [0.3, 0.4) is 0 Å². The van der Waals surface area contributed by atoms with E-state index in [9.17, 15) is 14.9 Å². The van der Waals surface area contributed by atoms with E-state index >= 15 is 0 Å². The van der Waals surface area contributed by atoms with Gasteiger partial charge in [0.25, 0.3) is 5.69 Å². The number of amides is 1. The lowest BCUT2D eigenvalue weighted by atomic mass is 10.2. The monoisotopic (exact) mass is 335 g/mol. The van der Waals surface area contributed by atoms with E-state index in [0.717, 1.165) is 25.2 Å². The van der Waals surface area contributed by atoms with E-state index in [2.05, 4.69) is 4.90 Å². The maximum Gasteiger partial charge on any atom is 0.269 e. The van der Waals surface area contributed by atoms with Crippen molar-refractivity contribution in [1.29, 1.82) is 0 Å². The number of likely N-dealkylation sites (tertiary alicyclic amines) is 1. The van der Waals surface area contributed by atoms with Crippen molar-refractivity contribution in [2.24, 2.45) is 0 Å². The lowest BCUT2D eigenvalue weighted by Crippen LogP contribution is -2.37. The molecule has 23 heavy (non-hydrogen) atoms. The SMILES string of the molecule is C[C@@H]1S[C@@H](c2cccc([N+](=O)[O-])c2)N(CCN2CCCC2)C1=O. The number of rotatable bonds is 5. The van der Waals surface area contributed by atoms with Crippen molar-refractivity contribution in [2.45, 2.75) is 30.4 Å². The second-order valence-corrected chi connectivity index (χ2v) is 7.49. The van der Waals surface area contributed by atoms with Crippen LogP contribution in [0.2, 0.25) is 0 Å². The van der Waals surface area contributed by atoms with Crippen molar-refractivity contribution in [3.05, 3.63) is 39.9 Å². The minimum absolute atomic E-state index is 0.0783. The summed E-state index contributed by atoms with van der Waals surface area (Å²) >= 11 is 1.57. The number of thioether (sulfide) groups is 1. The second-order valence-electron chi connectivity index (χ2n) is 6.06. The number of carbonyl (C=O) groups excluding carboxylic acids is 1. The Bertz CT molecular complexity index is 604. The number of hydrogen-bond donors (Lipinski definition) is 0. The first kappa shape index (κ1) is 16.3. The maximum absolute atomic E-state index is 12.5. The van der Waals surface area contributed by atoms with E-state index in [4.69, 9.17) is 0 Å². The summed E-state index contributed by atoms with van der Waals surface area (Å²) in [6, 6.07) is 6.65. The number of nitro groups is 1. The van der Waals surface area contributed by atoms with Crippen LogP contribution in [0.15, 0.2) is 24.3 Å². The highest BCUT2D eigenvalue weighted by atomic mass is 32.2. The van der Waals surface area contributed by atoms with Gasteiger partial charge in [-0.1, -0.05) is 12.1 Å². The number of hydrogen-bond acceptors (Lipinski definition) is 5. The van der Waals surface area contributed by atoms with Crippen molar-refractivity contribution in [2.75, 3.05) is 26.2 Å². The molecule has 1 aromatic carbocycles. The summed E-state index contributed by atoms with van der Waals surface area (Å²) in [7, 11) is 0. The average molecular weight is 335 g/mol. The first-order valence-corrected chi connectivity index (χ1v) is 8.93. The van der Waals surface area contributed by atoms with E-state index < -0.39 is 0 Å². The van der Waals surface area contributed by atoms with Crippen LogP contribution in [0.5, 0.6) is 0 Å². The van der Waals surface area contributed by atoms with Gasteiger partial charge in [-0.25, -0.2) is 0 Å². The predicted molar refractivity (Wildman–Crippen MR) is 90.3 cm³/mol. The first-order valence-electron chi connectivity index (χ1n) is 7.99. The Morgan fingerprint density at radius 3 is 2.74 bits per heavy atom. The molecular weight excluding hydrogens is 314 g/mol. The third-order valence-electron chi connectivity index (χ3n) is 4.47. The highest BCUT2D eigenvalue weighted by Gasteiger charge is 2.38. The summed E-state index contributed by atoms with van der Waals surface area (Å²) in [5.74, 6) is 0.130. The number of non-ortho nitro benzene ring substituents is 1. The summed E-state index contributed by atoms with van der Waals surface area (Å²) in [5.41, 5.74) is 0.915. The fourth-order valence-electron chi connectivity index (χ4n) is 3.21. The zero-order chi connectivity index (χ0) is 16.4. The molecule has 0 bridgehead atoms. The topological polar surface area (TPSA) is 66.7 Å². The van der Waals surface area contributed by atoms with Crippen LogP contribution >= 0.6 is 11.8 Å². The lowest BCUT2D eigenvalue weighted by molar-refractivity contribution is -0.384. The van der Waals surface area contributed by atoms with Gasteiger partial charge in [0.05, 0.1) is 10.2 Å². The molecule has 1 amide bonds. The minimum atomic E-state index is -0.386. The molecule has 2 saturated heterocycles. The highest BCUT2D eigenvalue weighted by Crippen LogP contribution is 2.43. The molecule has 2 fully saturated rings. The normalized spacial score (nSPS) is 25.3. The molecule has 0 aliphatic carbocycles. The molecule has 7 heteroatoms. The summed E-state index contributed by atoms with van der Waals surface area (Å²) in [6.45, 7) is 5.68. The summed E-state index contributed by atoms with van der Waals surface area (Å²) in [5, 5.41) is 10.8. The van der Waals surface area contributed by atoms with Gasteiger partial charge < -0.3 is 9.80 Å². The molecule has 1 aromatic rings. The first-order chi connectivity index (χ1) is 11.1. The molecule has 2 aliphatic heterocycles. The standard InChI is InChI=1S/C16H21N3O3S/c1-12-15(20)18(10-9-17-7-2-3-8-17)16(23-12)13-5-4-6-14(11-13)19(21)22/h4-6,11-12,16H,2-3,7-10H2,1H3/t12-,16-/m0/s1.